The summed E-state index contributed by atoms with van der Waals surface area (Å²) < 4.78 is 0. The molecule has 1 aliphatic carbocycles. The molecule has 2 N–H and O–H groups in total. The zero-order valence-corrected chi connectivity index (χ0v) is 12.7. The van der Waals surface area contributed by atoms with E-state index in [1.807, 2.05) is 44.2 Å². The predicted octanol–water partition coefficient (Wildman–Crippen LogP) is 2.73. The molecule has 114 valence electrons. The van der Waals surface area contributed by atoms with Crippen molar-refractivity contribution in [3.8, 4) is 0 Å². The lowest BCUT2D eigenvalue weighted by atomic mass is 9.75. The Bertz CT molecular complexity index is 516. The minimum atomic E-state index is -0.805. The van der Waals surface area contributed by atoms with Crippen molar-refractivity contribution in [2.24, 2.45) is 5.41 Å². The summed E-state index contributed by atoms with van der Waals surface area (Å²) in [6.07, 6.45) is 2.69. The van der Waals surface area contributed by atoms with Gasteiger partial charge in [0.05, 0.1) is 10.8 Å². The van der Waals surface area contributed by atoms with Gasteiger partial charge in [0.25, 0.3) is 0 Å². The van der Waals surface area contributed by atoms with Gasteiger partial charge in [-0.15, -0.1) is 0 Å². The fraction of sp³-hybridized carbons (Fsp3) is 0.529. The molecule has 0 aromatic heterocycles. The summed E-state index contributed by atoms with van der Waals surface area (Å²) in [6, 6.07) is 9.74. The molecule has 0 atom stereocenters. The molecule has 4 nitrogen and oxygen atoms in total. The molecule has 0 spiro atoms. The molecule has 0 bridgehead atoms. The van der Waals surface area contributed by atoms with E-state index in [0.717, 1.165) is 5.56 Å². The highest BCUT2D eigenvalue weighted by atomic mass is 16.4. The van der Waals surface area contributed by atoms with Crippen molar-refractivity contribution >= 4 is 11.9 Å². The van der Waals surface area contributed by atoms with Crippen LogP contribution in [0.5, 0.6) is 0 Å². The maximum Gasteiger partial charge on any atom is 0.311 e. The first-order chi connectivity index (χ1) is 10.0. The number of hydrogen-bond donors (Lipinski definition) is 2. The van der Waals surface area contributed by atoms with Gasteiger partial charge in [0.1, 0.15) is 0 Å². The summed E-state index contributed by atoms with van der Waals surface area (Å²) in [7, 11) is 0. The summed E-state index contributed by atoms with van der Waals surface area (Å²) in [6.45, 7) is 4.23. The van der Waals surface area contributed by atoms with Crippen LogP contribution in [-0.4, -0.2) is 23.5 Å². The largest absolute Gasteiger partial charge is 0.481 e. The van der Waals surface area contributed by atoms with Gasteiger partial charge in [0.2, 0.25) is 5.91 Å². The molecule has 0 aliphatic heterocycles. The standard InChI is InChI=1S/C17H23NO3/c1-3-17(4-2,13-8-6-5-7-9-13)14(19)18-12-16(10-11-16)15(20)21/h5-9H,3-4,10-12H2,1-2H3,(H,18,19)(H,20,21). The van der Waals surface area contributed by atoms with Crippen LogP contribution in [-0.2, 0) is 15.0 Å². The number of hydrogen-bond acceptors (Lipinski definition) is 2. The van der Waals surface area contributed by atoms with Crippen molar-refractivity contribution in [3.05, 3.63) is 35.9 Å². The van der Waals surface area contributed by atoms with E-state index in [4.69, 9.17) is 0 Å². The van der Waals surface area contributed by atoms with E-state index in [9.17, 15) is 14.7 Å². The Morgan fingerprint density at radius 2 is 1.76 bits per heavy atom. The van der Waals surface area contributed by atoms with Crippen molar-refractivity contribution in [2.45, 2.75) is 44.9 Å². The number of nitrogens with one attached hydrogen (secondary N) is 1. The van der Waals surface area contributed by atoms with Crippen LogP contribution in [0.3, 0.4) is 0 Å². The summed E-state index contributed by atoms with van der Waals surface area (Å²) in [5.74, 6) is -0.868. The van der Waals surface area contributed by atoms with Crippen molar-refractivity contribution < 1.29 is 14.7 Å². The van der Waals surface area contributed by atoms with E-state index in [-0.39, 0.29) is 12.5 Å². The maximum absolute atomic E-state index is 12.7. The van der Waals surface area contributed by atoms with E-state index in [1.54, 1.807) is 0 Å². The van der Waals surface area contributed by atoms with E-state index in [1.165, 1.54) is 0 Å². The number of amides is 1. The van der Waals surface area contributed by atoms with E-state index < -0.39 is 16.8 Å². The van der Waals surface area contributed by atoms with Gasteiger partial charge in [-0.05, 0) is 31.2 Å². The van der Waals surface area contributed by atoms with Gasteiger partial charge in [0, 0.05) is 6.54 Å². The molecule has 1 amide bonds. The number of carboxylic acids is 1. The van der Waals surface area contributed by atoms with Gasteiger partial charge in [-0.3, -0.25) is 9.59 Å². The van der Waals surface area contributed by atoms with Crippen molar-refractivity contribution in [1.29, 1.82) is 0 Å². The van der Waals surface area contributed by atoms with Crippen LogP contribution in [0.25, 0.3) is 0 Å². The Morgan fingerprint density at radius 3 is 2.19 bits per heavy atom. The first-order valence-corrected chi connectivity index (χ1v) is 7.58. The second-order valence-corrected chi connectivity index (χ2v) is 5.92. The molecule has 0 saturated heterocycles. The molecule has 1 aromatic carbocycles. The third kappa shape index (κ3) is 2.80. The number of benzene rings is 1. The zero-order valence-electron chi connectivity index (χ0n) is 12.7. The highest BCUT2D eigenvalue weighted by molar-refractivity contribution is 5.89. The summed E-state index contributed by atoms with van der Waals surface area (Å²) in [5, 5.41) is 12.1. The molecule has 0 radical (unpaired) electrons. The molecule has 4 heteroatoms. The Hall–Kier alpha value is -1.84. The quantitative estimate of drug-likeness (QED) is 0.811. The molecular formula is C17H23NO3. The third-order valence-corrected chi connectivity index (χ3v) is 4.86. The molecule has 1 aliphatic rings. The van der Waals surface area contributed by atoms with Gasteiger partial charge in [-0.2, -0.15) is 0 Å². The van der Waals surface area contributed by atoms with Gasteiger partial charge in [-0.1, -0.05) is 44.2 Å². The van der Waals surface area contributed by atoms with Gasteiger partial charge in [-0.25, -0.2) is 0 Å². The van der Waals surface area contributed by atoms with Gasteiger partial charge < -0.3 is 10.4 Å². The average Bonchev–Trinajstić information content (AvgIpc) is 3.29. The lowest BCUT2D eigenvalue weighted by molar-refractivity contribution is -0.143. The number of carbonyl (C=O) groups excluding carboxylic acids is 1. The lowest BCUT2D eigenvalue weighted by Crippen LogP contribution is -2.46. The maximum atomic E-state index is 12.7. The molecule has 0 unspecified atom stereocenters. The fourth-order valence-corrected chi connectivity index (χ4v) is 2.90. The van der Waals surface area contributed by atoms with Crippen molar-refractivity contribution in [1.82, 2.24) is 5.32 Å². The third-order valence-electron chi connectivity index (χ3n) is 4.86. The Kier molecular flexibility index (Phi) is 4.35. The Morgan fingerprint density at radius 1 is 1.19 bits per heavy atom. The van der Waals surface area contributed by atoms with Crippen molar-refractivity contribution in [3.63, 3.8) is 0 Å². The van der Waals surface area contributed by atoms with Crippen molar-refractivity contribution in [2.75, 3.05) is 6.54 Å². The normalized spacial score (nSPS) is 16.3. The number of carboxylic acid groups (broad SMARTS) is 1. The number of carbonyl (C=O) groups is 2. The van der Waals surface area contributed by atoms with Crippen LogP contribution in [0.1, 0.15) is 45.1 Å². The second kappa shape index (κ2) is 5.88. The van der Waals surface area contributed by atoms with E-state index >= 15 is 0 Å². The predicted molar refractivity (Wildman–Crippen MR) is 81.0 cm³/mol. The summed E-state index contributed by atoms with van der Waals surface area (Å²) in [5.41, 5.74) is -0.303. The van der Waals surface area contributed by atoms with Crippen LogP contribution in [0, 0.1) is 5.41 Å². The van der Waals surface area contributed by atoms with Gasteiger partial charge in [0.15, 0.2) is 0 Å². The number of aliphatic carboxylic acids is 1. The topological polar surface area (TPSA) is 66.4 Å². The molecule has 21 heavy (non-hydrogen) atoms. The summed E-state index contributed by atoms with van der Waals surface area (Å²) >= 11 is 0. The molecule has 1 aromatic rings. The molecular weight excluding hydrogens is 266 g/mol. The minimum absolute atomic E-state index is 0.0637. The Labute approximate surface area is 125 Å². The molecule has 2 rings (SSSR count). The second-order valence-electron chi connectivity index (χ2n) is 5.92. The van der Waals surface area contributed by atoms with E-state index in [2.05, 4.69) is 5.32 Å². The first-order valence-electron chi connectivity index (χ1n) is 7.58. The van der Waals surface area contributed by atoms with Crippen LogP contribution >= 0.6 is 0 Å². The molecule has 1 fully saturated rings. The molecule has 1 saturated carbocycles. The van der Waals surface area contributed by atoms with E-state index in [0.29, 0.717) is 25.7 Å². The fourth-order valence-electron chi connectivity index (χ4n) is 2.90. The average molecular weight is 289 g/mol. The summed E-state index contributed by atoms with van der Waals surface area (Å²) in [4.78, 5) is 23.9. The van der Waals surface area contributed by atoms with Gasteiger partial charge >= 0.3 is 5.97 Å². The lowest BCUT2D eigenvalue weighted by Gasteiger charge is -2.31. The van der Waals surface area contributed by atoms with Crippen LogP contribution in [0.2, 0.25) is 0 Å². The SMILES string of the molecule is CCC(CC)(C(=O)NCC1(C(=O)O)CC1)c1ccccc1. The first kappa shape index (κ1) is 15.5. The van der Waals surface area contributed by atoms with Crippen LogP contribution in [0.4, 0.5) is 0 Å². The van der Waals surface area contributed by atoms with Crippen LogP contribution < -0.4 is 5.32 Å². The molecule has 0 heterocycles. The van der Waals surface area contributed by atoms with Crippen LogP contribution in [0.15, 0.2) is 30.3 Å². The highest BCUT2D eigenvalue weighted by Gasteiger charge is 2.51. The highest BCUT2D eigenvalue weighted by Crippen LogP contribution is 2.45. The minimum Gasteiger partial charge on any atom is -0.481 e. The zero-order chi connectivity index (χ0) is 15.5. The number of rotatable bonds is 7. The monoisotopic (exact) mass is 289 g/mol. The smallest absolute Gasteiger partial charge is 0.311 e. The Balaban J connectivity index is 2.15.